The van der Waals surface area contributed by atoms with E-state index in [0.29, 0.717) is 17.2 Å². The van der Waals surface area contributed by atoms with Gasteiger partial charge in [-0.05, 0) is 31.2 Å². The summed E-state index contributed by atoms with van der Waals surface area (Å²) in [5, 5.41) is 10.2. The molecule has 0 aliphatic carbocycles. The molecule has 0 radical (unpaired) electrons. The Balaban J connectivity index is 1.74. The number of esters is 1. The molecule has 28 heavy (non-hydrogen) atoms. The first-order chi connectivity index (χ1) is 13.3. The first kappa shape index (κ1) is 19.6. The molecule has 0 saturated heterocycles. The molecular formula is C19H18N2O6S. The van der Waals surface area contributed by atoms with Crippen LogP contribution in [0.4, 0.5) is 0 Å². The molecule has 2 aromatic rings. The van der Waals surface area contributed by atoms with Crippen molar-refractivity contribution in [2.75, 3.05) is 7.11 Å². The van der Waals surface area contributed by atoms with Gasteiger partial charge in [-0.1, -0.05) is 18.2 Å². The molecule has 2 N–H and O–H groups in total. The number of nitrogens with one attached hydrogen (secondary N) is 1. The van der Waals surface area contributed by atoms with E-state index in [9.17, 15) is 18.3 Å². The van der Waals surface area contributed by atoms with Crippen LogP contribution in [-0.2, 0) is 26.1 Å². The summed E-state index contributed by atoms with van der Waals surface area (Å²) in [6, 6.07) is 11.2. The molecule has 0 atom stereocenters. The molecule has 1 aliphatic heterocycles. The van der Waals surface area contributed by atoms with Gasteiger partial charge < -0.3 is 14.3 Å². The van der Waals surface area contributed by atoms with Crippen LogP contribution in [0.15, 0.2) is 73.8 Å². The second-order valence-electron chi connectivity index (χ2n) is 5.88. The van der Waals surface area contributed by atoms with E-state index in [1.807, 2.05) is 0 Å². The summed E-state index contributed by atoms with van der Waals surface area (Å²) in [6.07, 6.45) is 1.45. The number of aliphatic hydroxyl groups excluding tert-OH is 1. The van der Waals surface area contributed by atoms with Gasteiger partial charge in [-0.3, -0.25) is 0 Å². The smallest absolute Gasteiger partial charge is 0.343 e. The van der Waals surface area contributed by atoms with Crippen LogP contribution < -0.4 is 4.72 Å². The maximum atomic E-state index is 12.2. The number of benzene rings is 1. The number of nitrogens with zero attached hydrogens (tertiary/aromatic N) is 1. The zero-order chi connectivity index (χ0) is 20.3. The summed E-state index contributed by atoms with van der Waals surface area (Å²) in [4.78, 5) is 16.0. The highest BCUT2D eigenvalue weighted by Gasteiger charge is 2.27. The van der Waals surface area contributed by atoms with Crippen molar-refractivity contribution >= 4 is 27.8 Å². The summed E-state index contributed by atoms with van der Waals surface area (Å²) in [7, 11) is -2.44. The van der Waals surface area contributed by atoms with Gasteiger partial charge in [0.2, 0.25) is 10.0 Å². The van der Waals surface area contributed by atoms with Crippen molar-refractivity contribution in [3.8, 4) is 0 Å². The molecule has 0 fully saturated rings. The molecule has 1 aliphatic rings. The van der Waals surface area contributed by atoms with Crippen LogP contribution in [0.2, 0.25) is 0 Å². The van der Waals surface area contributed by atoms with Crippen molar-refractivity contribution in [3.05, 3.63) is 71.0 Å². The standard InChI is InChI=1S/C19H18N2O6S/c1-12-17(19(23)26-2)18(22)16(21-12)10-13-8-9-14(27-13)11-20-28(24,25)15-6-4-3-5-7-15/h3-10,20,22H,11H2,1-2H3. The van der Waals surface area contributed by atoms with Gasteiger partial charge in [0.1, 0.15) is 22.8 Å². The zero-order valence-electron chi connectivity index (χ0n) is 15.2. The van der Waals surface area contributed by atoms with Gasteiger partial charge in [-0.25, -0.2) is 22.9 Å². The molecule has 0 unspecified atom stereocenters. The van der Waals surface area contributed by atoms with Crippen LogP contribution in [-0.4, -0.2) is 32.3 Å². The molecule has 9 heteroatoms. The number of rotatable bonds is 6. The minimum absolute atomic E-state index is 0.00356. The van der Waals surface area contributed by atoms with Crippen molar-refractivity contribution in [2.24, 2.45) is 4.99 Å². The van der Waals surface area contributed by atoms with Gasteiger partial charge >= 0.3 is 5.97 Å². The molecule has 0 amide bonds. The Labute approximate surface area is 161 Å². The quantitative estimate of drug-likeness (QED) is 0.717. The Morgan fingerprint density at radius 3 is 2.64 bits per heavy atom. The molecule has 2 heterocycles. The molecule has 1 aromatic heterocycles. The van der Waals surface area contributed by atoms with E-state index in [-0.39, 0.29) is 28.5 Å². The fraction of sp³-hybridized carbons (Fsp3) is 0.158. The minimum atomic E-state index is -3.65. The lowest BCUT2D eigenvalue weighted by Crippen LogP contribution is -2.22. The van der Waals surface area contributed by atoms with E-state index >= 15 is 0 Å². The molecule has 146 valence electrons. The lowest BCUT2D eigenvalue weighted by Gasteiger charge is -2.04. The van der Waals surface area contributed by atoms with Gasteiger partial charge in [0.25, 0.3) is 0 Å². The summed E-state index contributed by atoms with van der Waals surface area (Å²) in [5.74, 6) is -0.260. The van der Waals surface area contributed by atoms with Crippen LogP contribution in [0.1, 0.15) is 18.4 Å². The Hall–Kier alpha value is -3.17. The molecule has 3 rings (SSSR count). The predicted octanol–water partition coefficient (Wildman–Crippen LogP) is 2.56. The van der Waals surface area contributed by atoms with Crippen LogP contribution >= 0.6 is 0 Å². The first-order valence-electron chi connectivity index (χ1n) is 8.24. The van der Waals surface area contributed by atoms with Crippen LogP contribution in [0.3, 0.4) is 0 Å². The third-order valence-corrected chi connectivity index (χ3v) is 5.39. The van der Waals surface area contributed by atoms with Gasteiger partial charge in [0.05, 0.1) is 24.3 Å². The summed E-state index contributed by atoms with van der Waals surface area (Å²) in [5.41, 5.74) is 0.484. The first-order valence-corrected chi connectivity index (χ1v) is 9.73. The van der Waals surface area contributed by atoms with E-state index in [0.717, 1.165) is 0 Å². The molecule has 0 saturated carbocycles. The topological polar surface area (TPSA) is 118 Å². The van der Waals surface area contributed by atoms with Crippen LogP contribution in [0, 0.1) is 0 Å². The fourth-order valence-electron chi connectivity index (χ4n) is 2.59. The number of methoxy groups -OCH3 is 1. The maximum Gasteiger partial charge on any atom is 0.343 e. The lowest BCUT2D eigenvalue weighted by atomic mass is 10.1. The van der Waals surface area contributed by atoms with E-state index in [1.54, 1.807) is 37.3 Å². The van der Waals surface area contributed by atoms with Crippen LogP contribution in [0.5, 0.6) is 0 Å². The van der Waals surface area contributed by atoms with Crippen molar-refractivity contribution < 1.29 is 27.5 Å². The number of hydrogen-bond donors (Lipinski definition) is 2. The fourth-order valence-corrected chi connectivity index (χ4v) is 3.60. The van der Waals surface area contributed by atoms with Crippen molar-refractivity contribution in [2.45, 2.75) is 18.4 Å². The zero-order valence-corrected chi connectivity index (χ0v) is 16.0. The largest absolute Gasteiger partial charge is 0.505 e. The lowest BCUT2D eigenvalue weighted by molar-refractivity contribution is -0.135. The number of sulfonamides is 1. The third kappa shape index (κ3) is 4.05. The van der Waals surface area contributed by atoms with E-state index < -0.39 is 16.0 Å². The van der Waals surface area contributed by atoms with Gasteiger partial charge in [0, 0.05) is 6.08 Å². The minimum Gasteiger partial charge on any atom is -0.505 e. The number of carbonyl (C=O) groups is 1. The number of ether oxygens (including phenoxy) is 1. The number of furan rings is 1. The van der Waals surface area contributed by atoms with E-state index in [4.69, 9.17) is 4.42 Å². The van der Waals surface area contributed by atoms with Crippen molar-refractivity contribution in [3.63, 3.8) is 0 Å². The molecule has 8 nitrogen and oxygen atoms in total. The highest BCUT2D eigenvalue weighted by molar-refractivity contribution is 7.89. The predicted molar refractivity (Wildman–Crippen MR) is 102 cm³/mol. The third-order valence-electron chi connectivity index (χ3n) is 3.97. The van der Waals surface area contributed by atoms with Gasteiger partial charge in [-0.2, -0.15) is 0 Å². The Kier molecular flexibility index (Phi) is 5.48. The number of aliphatic imine (C=N–C) groups is 1. The summed E-state index contributed by atoms with van der Waals surface area (Å²) in [6.45, 7) is 1.53. The highest BCUT2D eigenvalue weighted by Crippen LogP contribution is 2.26. The average Bonchev–Trinajstić information content (AvgIpc) is 3.24. The highest BCUT2D eigenvalue weighted by atomic mass is 32.2. The summed E-state index contributed by atoms with van der Waals surface area (Å²) >= 11 is 0. The Bertz CT molecular complexity index is 1090. The van der Waals surface area contributed by atoms with Crippen molar-refractivity contribution in [1.82, 2.24) is 4.72 Å². The molecule has 1 aromatic carbocycles. The Morgan fingerprint density at radius 2 is 1.96 bits per heavy atom. The normalized spacial score (nSPS) is 15.8. The molecule has 0 bridgehead atoms. The second kappa shape index (κ2) is 7.83. The number of aliphatic hydroxyl groups is 1. The SMILES string of the molecule is COC(=O)C1=C(O)C(=Cc2ccc(CNS(=O)(=O)c3ccccc3)o2)N=C1C. The second-order valence-corrected chi connectivity index (χ2v) is 7.65. The average molecular weight is 402 g/mol. The molecular weight excluding hydrogens is 384 g/mol. The monoisotopic (exact) mass is 402 g/mol. The number of carbonyl (C=O) groups excluding carboxylic acids is 1. The van der Waals surface area contributed by atoms with Crippen LogP contribution in [0.25, 0.3) is 6.08 Å². The van der Waals surface area contributed by atoms with E-state index in [1.165, 1.54) is 25.3 Å². The maximum absolute atomic E-state index is 12.2. The van der Waals surface area contributed by atoms with Gasteiger partial charge in [-0.15, -0.1) is 0 Å². The van der Waals surface area contributed by atoms with Gasteiger partial charge in [0.15, 0.2) is 5.76 Å². The van der Waals surface area contributed by atoms with E-state index in [2.05, 4.69) is 14.5 Å². The number of hydrogen-bond acceptors (Lipinski definition) is 7. The Morgan fingerprint density at radius 1 is 1.25 bits per heavy atom. The molecule has 0 spiro atoms. The van der Waals surface area contributed by atoms with Crippen molar-refractivity contribution in [1.29, 1.82) is 0 Å². The summed E-state index contributed by atoms with van der Waals surface area (Å²) < 4.78 is 37.1.